The van der Waals surface area contributed by atoms with Crippen molar-refractivity contribution in [2.24, 2.45) is 5.92 Å². The van der Waals surface area contributed by atoms with Crippen LogP contribution in [0.25, 0.3) is 11.3 Å². The summed E-state index contributed by atoms with van der Waals surface area (Å²) in [7, 11) is 0. The molecule has 0 aromatic carbocycles. The van der Waals surface area contributed by atoms with Crippen molar-refractivity contribution in [2.45, 2.75) is 19.8 Å². The molecular formula is C21H28N6O. The van der Waals surface area contributed by atoms with Gasteiger partial charge in [-0.3, -0.25) is 9.78 Å². The van der Waals surface area contributed by atoms with Crippen LogP contribution in [0.15, 0.2) is 36.7 Å². The summed E-state index contributed by atoms with van der Waals surface area (Å²) >= 11 is 0. The topological polar surface area (TPSA) is 65.5 Å². The smallest absolute Gasteiger partial charge is 0.225 e. The minimum Gasteiger partial charge on any atom is -0.355 e. The van der Waals surface area contributed by atoms with Crippen molar-refractivity contribution in [3.05, 3.63) is 36.7 Å². The molecule has 2 aromatic heterocycles. The Hall–Kier alpha value is -2.54. The Morgan fingerprint density at radius 3 is 2.43 bits per heavy atom. The first-order valence-electron chi connectivity index (χ1n) is 10.2. The largest absolute Gasteiger partial charge is 0.355 e. The summed E-state index contributed by atoms with van der Waals surface area (Å²) in [6.07, 6.45) is 5.32. The van der Waals surface area contributed by atoms with E-state index >= 15 is 0 Å². The van der Waals surface area contributed by atoms with Crippen LogP contribution in [0.5, 0.6) is 0 Å². The molecule has 2 aliphatic rings. The predicted octanol–water partition coefficient (Wildman–Crippen LogP) is 1.92. The van der Waals surface area contributed by atoms with Crippen LogP contribution in [0.4, 0.5) is 5.82 Å². The number of piperidine rings is 1. The molecule has 4 heterocycles. The number of aromatic nitrogens is 3. The highest BCUT2D eigenvalue weighted by molar-refractivity contribution is 5.79. The number of hydrogen-bond acceptors (Lipinski definition) is 6. The Labute approximate surface area is 166 Å². The number of amides is 1. The summed E-state index contributed by atoms with van der Waals surface area (Å²) in [5, 5.41) is 8.76. The maximum absolute atomic E-state index is 12.8. The van der Waals surface area contributed by atoms with E-state index in [-0.39, 0.29) is 5.92 Å². The first-order valence-corrected chi connectivity index (χ1v) is 10.2. The number of hydrogen-bond donors (Lipinski definition) is 0. The van der Waals surface area contributed by atoms with E-state index in [1.807, 2.05) is 24.3 Å². The quantitative estimate of drug-likeness (QED) is 0.807. The molecule has 7 heteroatoms. The van der Waals surface area contributed by atoms with Gasteiger partial charge in [0.1, 0.15) is 0 Å². The Morgan fingerprint density at radius 2 is 1.82 bits per heavy atom. The van der Waals surface area contributed by atoms with E-state index in [4.69, 9.17) is 0 Å². The molecule has 2 fully saturated rings. The molecule has 0 bridgehead atoms. The molecule has 7 nitrogen and oxygen atoms in total. The van der Waals surface area contributed by atoms with Crippen molar-refractivity contribution >= 4 is 11.7 Å². The van der Waals surface area contributed by atoms with Gasteiger partial charge in [0.25, 0.3) is 0 Å². The van der Waals surface area contributed by atoms with Gasteiger partial charge in [0, 0.05) is 63.1 Å². The highest BCUT2D eigenvalue weighted by atomic mass is 16.2. The van der Waals surface area contributed by atoms with E-state index < -0.39 is 0 Å². The molecule has 1 amide bonds. The van der Waals surface area contributed by atoms with Gasteiger partial charge in [-0.15, -0.1) is 10.2 Å². The number of carbonyl (C=O) groups excluding carboxylic acids is 1. The molecule has 0 aliphatic carbocycles. The van der Waals surface area contributed by atoms with Crippen molar-refractivity contribution < 1.29 is 4.79 Å². The van der Waals surface area contributed by atoms with E-state index in [1.165, 1.54) is 0 Å². The van der Waals surface area contributed by atoms with Crippen molar-refractivity contribution in [3.63, 3.8) is 0 Å². The van der Waals surface area contributed by atoms with Crippen LogP contribution in [-0.4, -0.2) is 76.7 Å². The van der Waals surface area contributed by atoms with Gasteiger partial charge in [-0.25, -0.2) is 0 Å². The van der Waals surface area contributed by atoms with Gasteiger partial charge in [-0.05, 0) is 43.7 Å². The van der Waals surface area contributed by atoms with Gasteiger partial charge in [0.2, 0.25) is 5.91 Å². The number of rotatable bonds is 4. The lowest BCUT2D eigenvalue weighted by molar-refractivity contribution is -0.137. The highest BCUT2D eigenvalue weighted by Crippen LogP contribution is 2.24. The number of nitrogens with zero attached hydrogens (tertiary/aromatic N) is 6. The fraction of sp³-hybridized carbons (Fsp3) is 0.524. The minimum atomic E-state index is 0.145. The monoisotopic (exact) mass is 380 g/mol. The fourth-order valence-electron chi connectivity index (χ4n) is 4.06. The molecule has 0 spiro atoms. The lowest BCUT2D eigenvalue weighted by Crippen LogP contribution is -2.51. The third-order valence-electron chi connectivity index (χ3n) is 5.91. The Morgan fingerprint density at radius 1 is 1.04 bits per heavy atom. The maximum atomic E-state index is 12.8. The van der Waals surface area contributed by atoms with E-state index in [1.54, 1.807) is 12.4 Å². The molecule has 4 rings (SSSR count). The summed E-state index contributed by atoms with van der Waals surface area (Å²) in [5.41, 5.74) is 1.79. The van der Waals surface area contributed by atoms with Crippen LogP contribution in [0, 0.1) is 5.92 Å². The van der Waals surface area contributed by atoms with E-state index in [0.29, 0.717) is 5.91 Å². The zero-order valence-electron chi connectivity index (χ0n) is 16.5. The lowest BCUT2D eigenvalue weighted by atomic mass is 9.95. The van der Waals surface area contributed by atoms with Crippen molar-refractivity contribution in [1.82, 2.24) is 25.0 Å². The van der Waals surface area contributed by atoms with Crippen LogP contribution < -0.4 is 4.90 Å². The van der Waals surface area contributed by atoms with Gasteiger partial charge in [0.05, 0.1) is 5.69 Å². The third-order valence-corrected chi connectivity index (χ3v) is 5.91. The second kappa shape index (κ2) is 8.65. The van der Waals surface area contributed by atoms with Crippen LogP contribution in [0.1, 0.15) is 19.8 Å². The lowest BCUT2D eigenvalue weighted by Gasteiger charge is -2.38. The van der Waals surface area contributed by atoms with Gasteiger partial charge in [-0.2, -0.15) is 0 Å². The molecule has 2 aliphatic heterocycles. The van der Waals surface area contributed by atoms with Crippen molar-refractivity contribution in [2.75, 3.05) is 50.7 Å². The third kappa shape index (κ3) is 4.14. The zero-order valence-corrected chi connectivity index (χ0v) is 16.5. The Kier molecular flexibility index (Phi) is 5.81. The summed E-state index contributed by atoms with van der Waals surface area (Å²) < 4.78 is 0. The summed E-state index contributed by atoms with van der Waals surface area (Å²) in [6, 6.07) is 7.88. The summed E-state index contributed by atoms with van der Waals surface area (Å²) in [5.74, 6) is 1.37. The number of piperazine rings is 1. The second-order valence-electron chi connectivity index (χ2n) is 7.54. The van der Waals surface area contributed by atoms with Crippen LogP contribution in [-0.2, 0) is 4.79 Å². The van der Waals surface area contributed by atoms with Crippen LogP contribution >= 0.6 is 0 Å². The van der Waals surface area contributed by atoms with Gasteiger partial charge in [0.15, 0.2) is 5.82 Å². The zero-order chi connectivity index (χ0) is 19.3. The summed E-state index contributed by atoms with van der Waals surface area (Å²) in [6.45, 7) is 8.70. The molecule has 2 saturated heterocycles. The minimum absolute atomic E-state index is 0.145. The van der Waals surface area contributed by atoms with Crippen LogP contribution in [0.3, 0.4) is 0 Å². The predicted molar refractivity (Wildman–Crippen MR) is 109 cm³/mol. The molecule has 0 atom stereocenters. The molecule has 0 N–H and O–H groups in total. The molecule has 2 aromatic rings. The number of anilines is 1. The molecule has 28 heavy (non-hydrogen) atoms. The Balaban J connectivity index is 1.31. The van der Waals surface area contributed by atoms with Crippen molar-refractivity contribution in [3.8, 4) is 11.3 Å². The van der Waals surface area contributed by atoms with Gasteiger partial charge >= 0.3 is 0 Å². The van der Waals surface area contributed by atoms with E-state index in [9.17, 15) is 4.79 Å². The van der Waals surface area contributed by atoms with Crippen molar-refractivity contribution in [1.29, 1.82) is 0 Å². The molecule has 0 radical (unpaired) electrons. The highest BCUT2D eigenvalue weighted by Gasteiger charge is 2.30. The normalized spacial score (nSPS) is 19.0. The second-order valence-corrected chi connectivity index (χ2v) is 7.54. The molecule has 148 valence electrons. The Bertz CT molecular complexity index is 765. The summed E-state index contributed by atoms with van der Waals surface area (Å²) in [4.78, 5) is 23.7. The first kappa shape index (κ1) is 18.8. The van der Waals surface area contributed by atoms with E-state index in [0.717, 1.165) is 75.7 Å². The van der Waals surface area contributed by atoms with Gasteiger partial charge < -0.3 is 14.7 Å². The molecule has 0 saturated carbocycles. The molecular weight excluding hydrogens is 352 g/mol. The van der Waals surface area contributed by atoms with E-state index in [2.05, 4.69) is 36.8 Å². The fourth-order valence-corrected chi connectivity index (χ4v) is 4.06. The first-order chi connectivity index (χ1) is 13.7. The van der Waals surface area contributed by atoms with Crippen LogP contribution in [0.2, 0.25) is 0 Å². The molecule has 0 unspecified atom stereocenters. The number of carbonyl (C=O) groups is 1. The SMILES string of the molecule is CCN1CCN(C(=O)C2CCN(c3ccc(-c4cccnc4)nn3)CC2)CC1. The van der Waals surface area contributed by atoms with Gasteiger partial charge in [-0.1, -0.05) is 6.92 Å². The number of likely N-dealkylation sites (N-methyl/N-ethyl adjacent to an activating group) is 1. The number of pyridine rings is 1. The average Bonchev–Trinajstić information content (AvgIpc) is 2.79. The maximum Gasteiger partial charge on any atom is 0.225 e. The average molecular weight is 380 g/mol. The standard InChI is InChI=1S/C21H28N6O/c1-2-25-12-14-27(15-13-25)21(28)17-7-10-26(11-8-17)20-6-5-19(23-24-20)18-4-3-9-22-16-18/h3-6,9,16-17H,2,7-8,10-15H2,1H3.